The van der Waals surface area contributed by atoms with Gasteiger partial charge < -0.3 is 10.2 Å². The highest BCUT2D eigenvalue weighted by atomic mass is 16.2. The van der Waals surface area contributed by atoms with E-state index in [9.17, 15) is 9.59 Å². The Morgan fingerprint density at radius 1 is 1.00 bits per heavy atom. The van der Waals surface area contributed by atoms with E-state index in [0.29, 0.717) is 12.3 Å². The topological polar surface area (TPSA) is 49.4 Å². The summed E-state index contributed by atoms with van der Waals surface area (Å²) in [6.07, 6.45) is 11.0. The maximum atomic E-state index is 12.3. The lowest BCUT2D eigenvalue weighted by Crippen LogP contribution is -2.41. The van der Waals surface area contributed by atoms with E-state index in [1.807, 2.05) is 4.90 Å². The fourth-order valence-corrected chi connectivity index (χ4v) is 3.07. The minimum Gasteiger partial charge on any atom is -0.347 e. The van der Waals surface area contributed by atoms with Crippen molar-refractivity contribution in [2.45, 2.75) is 78.1 Å². The van der Waals surface area contributed by atoms with Crippen LogP contribution in [0.1, 0.15) is 78.1 Å². The molecule has 0 heterocycles. The van der Waals surface area contributed by atoms with Crippen molar-refractivity contribution >= 4 is 11.8 Å². The zero-order chi connectivity index (χ0) is 16.2. The fourth-order valence-electron chi connectivity index (χ4n) is 3.07. The molecule has 1 fully saturated rings. The number of unbranched alkanes of at least 4 members (excludes halogenated alkanes) is 2. The molecule has 1 N–H and O–H groups in total. The first-order valence-electron chi connectivity index (χ1n) is 9.21. The highest BCUT2D eigenvalue weighted by molar-refractivity contribution is 5.84. The third-order valence-corrected chi connectivity index (χ3v) is 4.55. The summed E-state index contributed by atoms with van der Waals surface area (Å²) in [6.45, 7) is 6.06. The van der Waals surface area contributed by atoms with E-state index in [0.717, 1.165) is 38.8 Å². The van der Waals surface area contributed by atoms with Crippen molar-refractivity contribution in [1.29, 1.82) is 0 Å². The average molecular weight is 310 g/mol. The second-order valence-electron chi connectivity index (χ2n) is 6.57. The normalized spacial score (nSPS) is 15.5. The SMILES string of the molecule is CCCCN(CCCC)C(=O)CNC(=O)CC1CCCCC1. The first-order chi connectivity index (χ1) is 10.7. The number of hydrogen-bond donors (Lipinski definition) is 1. The van der Waals surface area contributed by atoms with Crippen LogP contribution < -0.4 is 5.32 Å². The van der Waals surface area contributed by atoms with Crippen molar-refractivity contribution in [3.05, 3.63) is 0 Å². The molecule has 0 saturated heterocycles. The summed E-state index contributed by atoms with van der Waals surface area (Å²) in [7, 11) is 0. The maximum absolute atomic E-state index is 12.3. The Morgan fingerprint density at radius 3 is 2.14 bits per heavy atom. The molecule has 1 saturated carbocycles. The van der Waals surface area contributed by atoms with Gasteiger partial charge in [0.05, 0.1) is 6.54 Å². The molecule has 4 heteroatoms. The minimum atomic E-state index is 0.0474. The van der Waals surface area contributed by atoms with Crippen LogP contribution in [0.25, 0.3) is 0 Å². The number of carbonyl (C=O) groups is 2. The standard InChI is InChI=1S/C18H34N2O2/c1-3-5-12-20(13-6-4-2)18(22)15-19-17(21)14-16-10-8-7-9-11-16/h16H,3-15H2,1-2H3,(H,19,21). The Balaban J connectivity index is 2.28. The molecule has 0 unspecified atom stereocenters. The molecule has 1 aliphatic rings. The van der Waals surface area contributed by atoms with Crippen molar-refractivity contribution < 1.29 is 9.59 Å². The van der Waals surface area contributed by atoms with Gasteiger partial charge in [0.1, 0.15) is 0 Å². The van der Waals surface area contributed by atoms with E-state index in [4.69, 9.17) is 0 Å². The van der Waals surface area contributed by atoms with Gasteiger partial charge in [-0.1, -0.05) is 46.0 Å². The summed E-state index contributed by atoms with van der Waals surface area (Å²) < 4.78 is 0. The van der Waals surface area contributed by atoms with E-state index >= 15 is 0 Å². The van der Waals surface area contributed by atoms with Gasteiger partial charge in [0.25, 0.3) is 0 Å². The highest BCUT2D eigenvalue weighted by Gasteiger charge is 2.18. The number of rotatable bonds is 10. The minimum absolute atomic E-state index is 0.0474. The van der Waals surface area contributed by atoms with Crippen LogP contribution in [-0.4, -0.2) is 36.3 Å². The van der Waals surface area contributed by atoms with Crippen LogP contribution in [0.15, 0.2) is 0 Å². The largest absolute Gasteiger partial charge is 0.347 e. The van der Waals surface area contributed by atoms with Crippen molar-refractivity contribution in [1.82, 2.24) is 10.2 Å². The van der Waals surface area contributed by atoms with Crippen LogP contribution in [0.5, 0.6) is 0 Å². The molecule has 0 aromatic carbocycles. The summed E-state index contributed by atoms with van der Waals surface area (Å²) in [5, 5.41) is 2.83. The van der Waals surface area contributed by atoms with Crippen LogP contribution in [0.2, 0.25) is 0 Å². The molecule has 128 valence electrons. The van der Waals surface area contributed by atoms with Gasteiger partial charge in [0.2, 0.25) is 11.8 Å². The predicted octanol–water partition coefficient (Wildman–Crippen LogP) is 3.50. The van der Waals surface area contributed by atoms with E-state index < -0.39 is 0 Å². The number of nitrogens with zero attached hydrogens (tertiary/aromatic N) is 1. The van der Waals surface area contributed by atoms with E-state index in [1.54, 1.807) is 0 Å². The zero-order valence-electron chi connectivity index (χ0n) is 14.5. The Kier molecular flexibility index (Phi) is 9.93. The molecule has 0 bridgehead atoms. The molecule has 0 atom stereocenters. The molecule has 4 nitrogen and oxygen atoms in total. The van der Waals surface area contributed by atoms with E-state index in [2.05, 4.69) is 19.2 Å². The van der Waals surface area contributed by atoms with E-state index in [-0.39, 0.29) is 18.4 Å². The molecular formula is C18H34N2O2. The Morgan fingerprint density at radius 2 is 1.59 bits per heavy atom. The van der Waals surface area contributed by atoms with Gasteiger partial charge in [-0.2, -0.15) is 0 Å². The van der Waals surface area contributed by atoms with Gasteiger partial charge in [-0.3, -0.25) is 9.59 Å². The molecule has 0 aliphatic heterocycles. The van der Waals surface area contributed by atoms with Gasteiger partial charge in [0.15, 0.2) is 0 Å². The van der Waals surface area contributed by atoms with Crippen LogP contribution in [0.3, 0.4) is 0 Å². The molecule has 1 aliphatic carbocycles. The molecule has 0 aromatic heterocycles. The summed E-state index contributed by atoms with van der Waals surface area (Å²) >= 11 is 0. The lowest BCUT2D eigenvalue weighted by Gasteiger charge is -2.23. The molecule has 2 amide bonds. The van der Waals surface area contributed by atoms with Gasteiger partial charge in [0, 0.05) is 19.5 Å². The molecule has 0 spiro atoms. The zero-order valence-corrected chi connectivity index (χ0v) is 14.5. The third-order valence-electron chi connectivity index (χ3n) is 4.55. The van der Waals surface area contributed by atoms with Crippen molar-refractivity contribution in [2.75, 3.05) is 19.6 Å². The van der Waals surface area contributed by atoms with Crippen LogP contribution in [0.4, 0.5) is 0 Å². The fraction of sp³-hybridized carbons (Fsp3) is 0.889. The first-order valence-corrected chi connectivity index (χ1v) is 9.21. The number of nitrogens with one attached hydrogen (secondary N) is 1. The molecule has 1 rings (SSSR count). The Bertz CT molecular complexity index is 317. The Hall–Kier alpha value is -1.06. The summed E-state index contributed by atoms with van der Waals surface area (Å²) in [4.78, 5) is 26.2. The van der Waals surface area contributed by atoms with Gasteiger partial charge in [-0.25, -0.2) is 0 Å². The van der Waals surface area contributed by atoms with Crippen LogP contribution >= 0.6 is 0 Å². The monoisotopic (exact) mass is 310 g/mol. The number of hydrogen-bond acceptors (Lipinski definition) is 2. The maximum Gasteiger partial charge on any atom is 0.241 e. The van der Waals surface area contributed by atoms with Crippen LogP contribution in [-0.2, 0) is 9.59 Å². The number of amides is 2. The average Bonchev–Trinajstić information content (AvgIpc) is 2.54. The van der Waals surface area contributed by atoms with Crippen molar-refractivity contribution in [3.63, 3.8) is 0 Å². The molecule has 0 radical (unpaired) electrons. The van der Waals surface area contributed by atoms with Crippen molar-refractivity contribution in [3.8, 4) is 0 Å². The Labute approximate surface area is 136 Å². The molecule has 22 heavy (non-hydrogen) atoms. The predicted molar refractivity (Wildman–Crippen MR) is 90.6 cm³/mol. The van der Waals surface area contributed by atoms with E-state index in [1.165, 1.54) is 32.1 Å². The smallest absolute Gasteiger partial charge is 0.241 e. The summed E-state index contributed by atoms with van der Waals surface area (Å²) in [5.74, 6) is 0.644. The highest BCUT2D eigenvalue weighted by Crippen LogP contribution is 2.25. The molecular weight excluding hydrogens is 276 g/mol. The van der Waals surface area contributed by atoms with Crippen molar-refractivity contribution in [2.24, 2.45) is 5.92 Å². The third kappa shape index (κ3) is 7.81. The van der Waals surface area contributed by atoms with Gasteiger partial charge in [-0.05, 0) is 31.6 Å². The van der Waals surface area contributed by atoms with Gasteiger partial charge >= 0.3 is 0 Å². The lowest BCUT2D eigenvalue weighted by atomic mass is 9.87. The van der Waals surface area contributed by atoms with Gasteiger partial charge in [-0.15, -0.1) is 0 Å². The second kappa shape index (κ2) is 11.5. The van der Waals surface area contributed by atoms with Crippen LogP contribution in [0, 0.1) is 5.92 Å². The second-order valence-corrected chi connectivity index (χ2v) is 6.57. The molecule has 0 aromatic rings. The summed E-state index contributed by atoms with van der Waals surface area (Å²) in [6, 6.07) is 0. The first kappa shape index (κ1) is 19.0. The number of carbonyl (C=O) groups excluding carboxylic acids is 2. The quantitative estimate of drug-likeness (QED) is 0.671. The summed E-state index contributed by atoms with van der Waals surface area (Å²) in [5.41, 5.74) is 0. The lowest BCUT2D eigenvalue weighted by molar-refractivity contribution is -0.133.